The van der Waals surface area contributed by atoms with Crippen molar-refractivity contribution >= 4 is 5.97 Å². The van der Waals surface area contributed by atoms with Gasteiger partial charge in [-0.05, 0) is 87.6 Å². The van der Waals surface area contributed by atoms with Crippen molar-refractivity contribution in [1.29, 1.82) is 0 Å². The number of ether oxygens (including phenoxy) is 6. The fourth-order valence-corrected chi connectivity index (χ4v) is 8.39. The largest absolute Gasteiger partial charge is 0.459 e. The van der Waals surface area contributed by atoms with E-state index in [1.165, 1.54) is 14.0 Å². The van der Waals surface area contributed by atoms with Gasteiger partial charge in [-0.1, -0.05) is 27.2 Å². The van der Waals surface area contributed by atoms with Gasteiger partial charge in [-0.15, -0.1) is 0 Å². The van der Waals surface area contributed by atoms with E-state index < -0.39 is 102 Å². The number of hydrogen-bond donors (Lipinski definition) is 6. The van der Waals surface area contributed by atoms with E-state index in [0.29, 0.717) is 12.8 Å². The summed E-state index contributed by atoms with van der Waals surface area (Å²) in [6.07, 6.45) is -9.83. The van der Waals surface area contributed by atoms with Crippen molar-refractivity contribution in [2.75, 3.05) is 14.2 Å². The summed E-state index contributed by atoms with van der Waals surface area (Å²) in [5.74, 6) is -3.25. The van der Waals surface area contributed by atoms with Gasteiger partial charge in [0.25, 0.3) is 0 Å². The maximum absolute atomic E-state index is 14.1. The first kappa shape index (κ1) is 46.4. The topological polar surface area (TPSA) is 197 Å². The van der Waals surface area contributed by atoms with Gasteiger partial charge in [-0.25, -0.2) is 0 Å². The molecule has 53 heavy (non-hydrogen) atoms. The zero-order valence-electron chi connectivity index (χ0n) is 34.5. The number of carbonyl (C=O) groups excluding carboxylic acids is 1. The molecule has 14 heteroatoms. The Hall–Kier alpha value is -1.01. The van der Waals surface area contributed by atoms with Gasteiger partial charge in [0.1, 0.15) is 23.9 Å². The zero-order valence-corrected chi connectivity index (χ0v) is 34.5. The summed E-state index contributed by atoms with van der Waals surface area (Å²) in [7, 11) is 3.42. The van der Waals surface area contributed by atoms with E-state index in [0.717, 1.165) is 0 Å². The molecule has 0 aromatic carbocycles. The van der Waals surface area contributed by atoms with Gasteiger partial charge in [-0.3, -0.25) is 9.69 Å². The molecule has 3 aliphatic heterocycles. The van der Waals surface area contributed by atoms with Crippen LogP contribution in [-0.4, -0.2) is 152 Å². The van der Waals surface area contributed by atoms with Gasteiger partial charge in [0, 0.05) is 38.0 Å². The molecule has 0 bridgehead atoms. The zero-order chi connectivity index (χ0) is 40.4. The minimum atomic E-state index is -1.93. The van der Waals surface area contributed by atoms with Gasteiger partial charge >= 0.3 is 5.97 Å². The highest BCUT2D eigenvalue weighted by Gasteiger charge is 2.52. The molecule has 18 atom stereocenters. The third-order valence-electron chi connectivity index (χ3n) is 12.5. The Balaban J connectivity index is 2.14. The Bertz CT molecular complexity index is 1160. The molecule has 0 spiro atoms. The predicted molar refractivity (Wildman–Crippen MR) is 197 cm³/mol. The highest BCUT2D eigenvalue weighted by molar-refractivity contribution is 5.73. The van der Waals surface area contributed by atoms with Crippen molar-refractivity contribution < 1.29 is 63.9 Å². The standard InChI is InChI=1S/C39H73NO13/c1-14-15-28-39(11,47)33(43)24(7)31(41)21(4)18-37(9,46)29(53-36-32(42)26(16-22(5)49-36)40(12)20(2)3)17-27(23(6)35(45)52-28)51-30-19-38(10,48-13)34(44)25(8)50-30/h20-34,36,41-44,46-47H,14-19H2,1-13H3/t21-,22-,23-,24+,25+,26+,27+,28-,29-,30+,31+,32-,33-,34+,36+,37-,38-,39-/m1/s1. The number of hydrogen-bond acceptors (Lipinski definition) is 14. The van der Waals surface area contributed by atoms with Crippen LogP contribution >= 0.6 is 0 Å². The smallest absolute Gasteiger partial charge is 0.311 e. The van der Waals surface area contributed by atoms with Crippen molar-refractivity contribution in [3.8, 4) is 0 Å². The van der Waals surface area contributed by atoms with Crippen LogP contribution in [0.3, 0.4) is 0 Å². The number of likely N-dealkylation sites (N-methyl/N-ethyl adjacent to an activating group) is 1. The lowest BCUT2D eigenvalue weighted by Gasteiger charge is -2.48. The van der Waals surface area contributed by atoms with Crippen LogP contribution in [0.1, 0.15) is 115 Å². The second-order valence-corrected chi connectivity index (χ2v) is 17.4. The van der Waals surface area contributed by atoms with E-state index in [-0.39, 0.29) is 43.9 Å². The van der Waals surface area contributed by atoms with E-state index in [1.807, 2.05) is 34.7 Å². The number of cyclic esters (lactones) is 1. The summed E-state index contributed by atoms with van der Waals surface area (Å²) in [6, 6.07) is -0.191. The first-order chi connectivity index (χ1) is 24.4. The van der Waals surface area contributed by atoms with Crippen LogP contribution in [0.25, 0.3) is 0 Å². The third kappa shape index (κ3) is 10.7. The average Bonchev–Trinajstić information content (AvgIpc) is 3.08. The predicted octanol–water partition coefficient (Wildman–Crippen LogP) is 2.50. The maximum Gasteiger partial charge on any atom is 0.311 e. The molecule has 3 fully saturated rings. The Morgan fingerprint density at radius 1 is 0.906 bits per heavy atom. The number of esters is 1. The first-order valence-corrected chi connectivity index (χ1v) is 19.7. The number of carbonyl (C=O) groups is 1. The minimum Gasteiger partial charge on any atom is -0.459 e. The van der Waals surface area contributed by atoms with Crippen molar-refractivity contribution in [2.24, 2.45) is 17.8 Å². The van der Waals surface area contributed by atoms with E-state index in [9.17, 15) is 35.4 Å². The molecule has 14 nitrogen and oxygen atoms in total. The summed E-state index contributed by atoms with van der Waals surface area (Å²) in [6.45, 7) is 19.2. The van der Waals surface area contributed by atoms with Crippen molar-refractivity contribution in [3.05, 3.63) is 0 Å². The van der Waals surface area contributed by atoms with Crippen LogP contribution in [-0.2, 0) is 33.2 Å². The normalized spacial score (nSPS) is 48.4. The van der Waals surface area contributed by atoms with Gasteiger partial charge in [0.15, 0.2) is 12.6 Å². The fraction of sp³-hybridized carbons (Fsp3) is 0.974. The summed E-state index contributed by atoms with van der Waals surface area (Å²) in [5, 5.41) is 69.7. The lowest BCUT2D eigenvalue weighted by Crippen LogP contribution is -2.60. The number of rotatable bonds is 9. The quantitative estimate of drug-likeness (QED) is 0.188. The molecule has 0 aromatic rings. The van der Waals surface area contributed by atoms with Gasteiger partial charge < -0.3 is 59.1 Å². The second-order valence-electron chi connectivity index (χ2n) is 17.4. The van der Waals surface area contributed by atoms with Crippen LogP contribution in [0.2, 0.25) is 0 Å². The van der Waals surface area contributed by atoms with Crippen molar-refractivity contribution in [1.82, 2.24) is 4.90 Å². The highest BCUT2D eigenvalue weighted by Crippen LogP contribution is 2.39. The Morgan fingerprint density at radius 2 is 1.53 bits per heavy atom. The molecule has 3 aliphatic rings. The van der Waals surface area contributed by atoms with E-state index in [4.69, 9.17) is 28.4 Å². The van der Waals surface area contributed by atoms with Gasteiger partial charge in [0.2, 0.25) is 0 Å². The SMILES string of the molecule is CCC[C@H]1OC(=O)[C@H](C)[C@@H](O[C@H]2C[C@@](C)(OC)[C@@H](O)[C@H](C)O2)C[C@@H](O[C@@H]2O[C@H](C)C[C@H](N(C)C(C)C)[C@H]2O)[C@](C)(O)C[C@@H](C)[C@H](O)[C@H](C)[C@@H](O)[C@]1(C)O. The summed E-state index contributed by atoms with van der Waals surface area (Å²) < 4.78 is 37.2. The molecular formula is C39H73NO13. The van der Waals surface area contributed by atoms with Crippen LogP contribution in [0.15, 0.2) is 0 Å². The average molecular weight is 764 g/mol. The van der Waals surface area contributed by atoms with Crippen LogP contribution in [0.5, 0.6) is 0 Å². The fourth-order valence-electron chi connectivity index (χ4n) is 8.39. The lowest BCUT2D eigenvalue weighted by atomic mass is 9.75. The van der Waals surface area contributed by atoms with Gasteiger partial charge in [0.05, 0.1) is 53.7 Å². The van der Waals surface area contributed by atoms with Gasteiger partial charge in [-0.2, -0.15) is 0 Å². The molecule has 3 saturated heterocycles. The lowest BCUT2D eigenvalue weighted by molar-refractivity contribution is -0.309. The molecule has 6 N–H and O–H groups in total. The maximum atomic E-state index is 14.1. The number of methoxy groups -OCH3 is 1. The summed E-state index contributed by atoms with van der Waals surface area (Å²) in [5.41, 5.74) is -4.68. The first-order valence-electron chi connectivity index (χ1n) is 19.7. The summed E-state index contributed by atoms with van der Waals surface area (Å²) >= 11 is 0. The molecule has 0 aliphatic carbocycles. The molecule has 3 heterocycles. The molecule has 312 valence electrons. The monoisotopic (exact) mass is 764 g/mol. The third-order valence-corrected chi connectivity index (χ3v) is 12.5. The number of nitrogens with zero attached hydrogens (tertiary/aromatic N) is 1. The molecular weight excluding hydrogens is 690 g/mol. The molecule has 0 radical (unpaired) electrons. The molecule has 0 unspecified atom stereocenters. The molecule has 0 saturated carbocycles. The minimum absolute atomic E-state index is 0.0272. The Kier molecular flexibility index (Phi) is 16.2. The summed E-state index contributed by atoms with van der Waals surface area (Å²) in [4.78, 5) is 16.2. The molecule has 0 amide bonds. The molecule has 0 aromatic heterocycles. The highest BCUT2D eigenvalue weighted by atomic mass is 16.7. The van der Waals surface area contributed by atoms with E-state index in [1.54, 1.807) is 41.5 Å². The number of aliphatic hydroxyl groups is 6. The molecule has 3 rings (SSSR count). The van der Waals surface area contributed by atoms with Crippen LogP contribution in [0.4, 0.5) is 0 Å². The second kappa shape index (κ2) is 18.5. The van der Waals surface area contributed by atoms with E-state index >= 15 is 0 Å². The van der Waals surface area contributed by atoms with Crippen molar-refractivity contribution in [2.45, 2.75) is 211 Å². The Labute approximate surface area is 317 Å². The van der Waals surface area contributed by atoms with Crippen LogP contribution in [0, 0.1) is 17.8 Å². The van der Waals surface area contributed by atoms with Crippen molar-refractivity contribution in [3.63, 3.8) is 0 Å². The van der Waals surface area contributed by atoms with E-state index in [2.05, 4.69) is 4.90 Å². The Morgan fingerprint density at radius 3 is 2.09 bits per heavy atom. The van der Waals surface area contributed by atoms with Crippen LogP contribution < -0.4 is 0 Å². The number of aliphatic hydroxyl groups excluding tert-OH is 4.